The normalized spacial score (nSPS) is 17.7. The Labute approximate surface area is 104 Å². The largest absolute Gasteiger partial charge is 0.449 e. The number of ether oxygens (including phenoxy) is 1. The molecule has 0 spiro atoms. The molecule has 1 atom stereocenters. The predicted molar refractivity (Wildman–Crippen MR) is 66.1 cm³/mol. The number of carbonyl (C=O) groups is 1. The molecule has 18 heavy (non-hydrogen) atoms. The lowest BCUT2D eigenvalue weighted by Gasteiger charge is -2.11. The summed E-state index contributed by atoms with van der Waals surface area (Å²) in [5, 5.41) is 4.25. The highest BCUT2D eigenvalue weighted by molar-refractivity contribution is 5.94. The lowest BCUT2D eigenvalue weighted by Crippen LogP contribution is -2.06. The summed E-state index contributed by atoms with van der Waals surface area (Å²) >= 11 is 0. The Hall–Kier alpha value is -2.30. The first kappa shape index (κ1) is 10.8. The van der Waals surface area contributed by atoms with Gasteiger partial charge in [0, 0.05) is 12.6 Å². The van der Waals surface area contributed by atoms with E-state index in [2.05, 4.69) is 5.10 Å². The number of cyclic esters (lactones) is 1. The Bertz CT molecular complexity index is 646. The van der Waals surface area contributed by atoms with Crippen molar-refractivity contribution in [2.45, 2.75) is 13.0 Å². The van der Waals surface area contributed by atoms with Gasteiger partial charge in [-0.3, -0.25) is 4.68 Å². The van der Waals surface area contributed by atoms with Crippen molar-refractivity contribution < 1.29 is 9.53 Å². The number of aromatic nitrogens is 2. The maximum atomic E-state index is 11.8. The second kappa shape index (κ2) is 3.60. The lowest BCUT2D eigenvalue weighted by molar-refractivity contribution is 0.0456. The van der Waals surface area contributed by atoms with Gasteiger partial charge in [-0.1, -0.05) is 18.2 Å². The molecule has 2 aromatic rings. The standard InChI is InChI=1S/C13H13N3O2/c1-7-10(12(14)16(2)15-7)11-8-5-3-4-6-9(8)13(17)18-11/h3-6,11H,14H2,1-2H3. The van der Waals surface area contributed by atoms with Crippen LogP contribution in [0.4, 0.5) is 5.82 Å². The number of nitrogens with zero attached hydrogens (tertiary/aromatic N) is 2. The Balaban J connectivity index is 2.18. The van der Waals surface area contributed by atoms with E-state index in [4.69, 9.17) is 10.5 Å². The van der Waals surface area contributed by atoms with Crippen LogP contribution in [0.5, 0.6) is 0 Å². The van der Waals surface area contributed by atoms with Crippen molar-refractivity contribution in [2.24, 2.45) is 7.05 Å². The summed E-state index contributed by atoms with van der Waals surface area (Å²) in [6, 6.07) is 7.36. The van der Waals surface area contributed by atoms with E-state index in [0.717, 1.165) is 16.8 Å². The third-order valence-corrected chi connectivity index (χ3v) is 3.26. The molecular weight excluding hydrogens is 230 g/mol. The highest BCUT2D eigenvalue weighted by Crippen LogP contribution is 2.39. The average Bonchev–Trinajstić information content (AvgIpc) is 2.79. The van der Waals surface area contributed by atoms with Crippen molar-refractivity contribution in [3.63, 3.8) is 0 Å². The number of aryl methyl sites for hydroxylation is 2. The van der Waals surface area contributed by atoms with Gasteiger partial charge in [-0.25, -0.2) is 4.79 Å². The molecule has 0 amide bonds. The first-order chi connectivity index (χ1) is 8.59. The van der Waals surface area contributed by atoms with Crippen LogP contribution in [0.3, 0.4) is 0 Å². The van der Waals surface area contributed by atoms with Gasteiger partial charge in [-0.2, -0.15) is 5.10 Å². The maximum absolute atomic E-state index is 11.8. The van der Waals surface area contributed by atoms with Crippen molar-refractivity contribution >= 4 is 11.8 Å². The van der Waals surface area contributed by atoms with Crippen molar-refractivity contribution in [3.05, 3.63) is 46.6 Å². The van der Waals surface area contributed by atoms with E-state index in [1.54, 1.807) is 17.8 Å². The second-order valence-electron chi connectivity index (χ2n) is 4.38. The number of anilines is 1. The summed E-state index contributed by atoms with van der Waals surface area (Å²) in [5.41, 5.74) is 9.00. The third-order valence-electron chi connectivity index (χ3n) is 3.26. The minimum Gasteiger partial charge on any atom is -0.449 e. The molecule has 2 N–H and O–H groups in total. The monoisotopic (exact) mass is 243 g/mol. The molecule has 1 aromatic heterocycles. The summed E-state index contributed by atoms with van der Waals surface area (Å²) in [5.74, 6) is 0.222. The molecule has 2 heterocycles. The number of esters is 1. The quantitative estimate of drug-likeness (QED) is 0.772. The van der Waals surface area contributed by atoms with E-state index in [1.807, 2.05) is 25.1 Å². The van der Waals surface area contributed by atoms with Crippen LogP contribution in [0.25, 0.3) is 0 Å². The summed E-state index contributed by atoms with van der Waals surface area (Å²) in [6.45, 7) is 1.86. The summed E-state index contributed by atoms with van der Waals surface area (Å²) in [4.78, 5) is 11.8. The van der Waals surface area contributed by atoms with E-state index in [-0.39, 0.29) is 5.97 Å². The first-order valence-electron chi connectivity index (χ1n) is 5.68. The first-order valence-corrected chi connectivity index (χ1v) is 5.68. The molecule has 5 nitrogen and oxygen atoms in total. The Morgan fingerprint density at radius 1 is 1.39 bits per heavy atom. The fourth-order valence-electron chi connectivity index (χ4n) is 2.38. The van der Waals surface area contributed by atoms with Crippen molar-refractivity contribution in [2.75, 3.05) is 5.73 Å². The third kappa shape index (κ3) is 1.33. The zero-order chi connectivity index (χ0) is 12.9. The highest BCUT2D eigenvalue weighted by atomic mass is 16.5. The van der Waals surface area contributed by atoms with Gasteiger partial charge in [0.2, 0.25) is 0 Å². The topological polar surface area (TPSA) is 70.1 Å². The minimum absolute atomic E-state index is 0.307. The van der Waals surface area contributed by atoms with Crippen LogP contribution < -0.4 is 5.73 Å². The van der Waals surface area contributed by atoms with Crippen LogP contribution in [0.1, 0.15) is 33.3 Å². The number of rotatable bonds is 1. The van der Waals surface area contributed by atoms with E-state index in [9.17, 15) is 4.79 Å². The van der Waals surface area contributed by atoms with Gasteiger partial charge in [0.05, 0.1) is 16.8 Å². The molecular formula is C13H13N3O2. The minimum atomic E-state index is -0.442. The zero-order valence-electron chi connectivity index (χ0n) is 10.2. The molecule has 92 valence electrons. The highest BCUT2D eigenvalue weighted by Gasteiger charge is 2.35. The Kier molecular flexibility index (Phi) is 2.16. The maximum Gasteiger partial charge on any atom is 0.339 e. The van der Waals surface area contributed by atoms with Crippen molar-refractivity contribution in [3.8, 4) is 0 Å². The molecule has 0 saturated carbocycles. The van der Waals surface area contributed by atoms with Gasteiger partial charge >= 0.3 is 5.97 Å². The summed E-state index contributed by atoms with van der Waals surface area (Å²) in [7, 11) is 1.77. The number of benzene rings is 1. The van der Waals surface area contributed by atoms with Gasteiger partial charge < -0.3 is 10.5 Å². The molecule has 0 radical (unpaired) electrons. The van der Waals surface area contributed by atoms with Gasteiger partial charge in [-0.05, 0) is 13.0 Å². The van der Waals surface area contributed by atoms with E-state index >= 15 is 0 Å². The number of nitrogen functional groups attached to an aromatic ring is 1. The Morgan fingerprint density at radius 3 is 2.78 bits per heavy atom. The van der Waals surface area contributed by atoms with Gasteiger partial charge in [-0.15, -0.1) is 0 Å². The fraction of sp³-hybridized carbons (Fsp3) is 0.231. The van der Waals surface area contributed by atoms with Crippen LogP contribution in [0.15, 0.2) is 24.3 Å². The van der Waals surface area contributed by atoms with Crippen LogP contribution in [0.2, 0.25) is 0 Å². The second-order valence-corrected chi connectivity index (χ2v) is 4.38. The molecule has 1 aromatic carbocycles. The molecule has 1 aliphatic heterocycles. The molecule has 1 aliphatic rings. The van der Waals surface area contributed by atoms with Crippen LogP contribution >= 0.6 is 0 Å². The molecule has 1 unspecified atom stereocenters. The summed E-state index contributed by atoms with van der Waals surface area (Å²) < 4.78 is 7.02. The molecule has 0 saturated heterocycles. The van der Waals surface area contributed by atoms with E-state index in [1.165, 1.54) is 0 Å². The SMILES string of the molecule is Cc1nn(C)c(N)c1C1OC(=O)c2ccccc21. The molecule has 3 rings (SSSR count). The van der Waals surface area contributed by atoms with Crippen LogP contribution in [-0.2, 0) is 11.8 Å². The van der Waals surface area contributed by atoms with Crippen LogP contribution in [-0.4, -0.2) is 15.7 Å². The molecule has 0 aliphatic carbocycles. The number of hydrogen-bond acceptors (Lipinski definition) is 4. The number of carbonyl (C=O) groups excluding carboxylic acids is 1. The van der Waals surface area contributed by atoms with Crippen LogP contribution in [0, 0.1) is 6.92 Å². The fourth-order valence-corrected chi connectivity index (χ4v) is 2.38. The number of nitrogens with two attached hydrogens (primary N) is 1. The summed E-state index contributed by atoms with van der Waals surface area (Å²) in [6.07, 6.45) is -0.442. The van der Waals surface area contributed by atoms with E-state index < -0.39 is 6.10 Å². The molecule has 5 heteroatoms. The Morgan fingerprint density at radius 2 is 2.11 bits per heavy atom. The number of hydrogen-bond donors (Lipinski definition) is 1. The lowest BCUT2D eigenvalue weighted by atomic mass is 9.99. The van der Waals surface area contributed by atoms with Crippen molar-refractivity contribution in [1.29, 1.82) is 0 Å². The predicted octanol–water partition coefficient (Wildman–Crippen LogP) is 1.57. The number of fused-ring (bicyclic) bond motifs is 1. The van der Waals surface area contributed by atoms with Gasteiger partial charge in [0.1, 0.15) is 5.82 Å². The molecule has 0 fully saturated rings. The smallest absolute Gasteiger partial charge is 0.339 e. The van der Waals surface area contributed by atoms with Crippen molar-refractivity contribution in [1.82, 2.24) is 9.78 Å². The molecule has 0 bridgehead atoms. The average molecular weight is 243 g/mol. The van der Waals surface area contributed by atoms with E-state index in [0.29, 0.717) is 11.4 Å². The van der Waals surface area contributed by atoms with Gasteiger partial charge in [0.25, 0.3) is 0 Å². The van der Waals surface area contributed by atoms with Gasteiger partial charge in [0.15, 0.2) is 6.10 Å². The zero-order valence-corrected chi connectivity index (χ0v) is 10.2.